The van der Waals surface area contributed by atoms with Crippen LogP contribution in [0.3, 0.4) is 0 Å². The van der Waals surface area contributed by atoms with Gasteiger partial charge in [0.1, 0.15) is 0 Å². The van der Waals surface area contributed by atoms with Gasteiger partial charge in [0.2, 0.25) is 11.9 Å². The van der Waals surface area contributed by atoms with Crippen molar-refractivity contribution in [3.63, 3.8) is 0 Å². The number of aromatic nitrogens is 3. The molecule has 1 heterocycles. The largest absolute Gasteiger partial charge is 0.467 e. The molecule has 6 nitrogen and oxygen atoms in total. The maximum atomic E-state index is 5.59. The normalized spacial score (nSPS) is 28.1. The summed E-state index contributed by atoms with van der Waals surface area (Å²) in [6.07, 6.45) is 2.37. The number of anilines is 2. The van der Waals surface area contributed by atoms with Gasteiger partial charge in [-0.05, 0) is 24.7 Å². The van der Waals surface area contributed by atoms with Crippen molar-refractivity contribution in [3.8, 4) is 6.01 Å². The summed E-state index contributed by atoms with van der Waals surface area (Å²) >= 11 is 0. The highest BCUT2D eigenvalue weighted by Gasteiger charge is 2.30. The Bertz CT molecular complexity index is 397. The SMILES string of the molecule is COc1nc(N)nc(NC2CCC(C)C2C)n1. The summed E-state index contributed by atoms with van der Waals surface area (Å²) in [5.74, 6) is 2.02. The Hall–Kier alpha value is -1.59. The summed E-state index contributed by atoms with van der Waals surface area (Å²) in [6, 6.07) is 0.648. The lowest BCUT2D eigenvalue weighted by atomic mass is 9.98. The van der Waals surface area contributed by atoms with E-state index >= 15 is 0 Å². The Balaban J connectivity index is 2.10. The second-order valence-corrected chi connectivity index (χ2v) is 4.67. The molecule has 1 aliphatic carbocycles. The first-order valence-corrected chi connectivity index (χ1v) is 5.92. The number of hydrogen-bond acceptors (Lipinski definition) is 6. The summed E-state index contributed by atoms with van der Waals surface area (Å²) < 4.78 is 4.97. The van der Waals surface area contributed by atoms with Crippen molar-refractivity contribution in [2.75, 3.05) is 18.2 Å². The van der Waals surface area contributed by atoms with Crippen molar-refractivity contribution < 1.29 is 4.74 Å². The van der Waals surface area contributed by atoms with E-state index < -0.39 is 0 Å². The Kier molecular flexibility index (Phi) is 3.31. The van der Waals surface area contributed by atoms with Crippen molar-refractivity contribution in [1.29, 1.82) is 0 Å². The van der Waals surface area contributed by atoms with E-state index in [0.717, 1.165) is 12.3 Å². The molecule has 3 atom stereocenters. The van der Waals surface area contributed by atoms with Crippen LogP contribution in [0, 0.1) is 11.8 Å². The molecule has 94 valence electrons. The second kappa shape index (κ2) is 4.73. The van der Waals surface area contributed by atoms with Crippen LogP contribution in [0.2, 0.25) is 0 Å². The fraction of sp³-hybridized carbons (Fsp3) is 0.727. The van der Waals surface area contributed by atoms with Gasteiger partial charge in [-0.25, -0.2) is 0 Å². The third kappa shape index (κ3) is 2.57. The molecular formula is C11H19N5O. The molecule has 2 rings (SSSR count). The quantitative estimate of drug-likeness (QED) is 0.824. The minimum Gasteiger partial charge on any atom is -0.467 e. The molecule has 17 heavy (non-hydrogen) atoms. The molecule has 3 N–H and O–H groups in total. The first-order valence-electron chi connectivity index (χ1n) is 5.92. The van der Waals surface area contributed by atoms with Crippen LogP contribution in [-0.4, -0.2) is 28.1 Å². The van der Waals surface area contributed by atoms with Gasteiger partial charge < -0.3 is 15.8 Å². The van der Waals surface area contributed by atoms with Crippen LogP contribution >= 0.6 is 0 Å². The maximum Gasteiger partial charge on any atom is 0.322 e. The molecule has 3 unspecified atom stereocenters. The van der Waals surface area contributed by atoms with Gasteiger partial charge in [-0.15, -0.1) is 0 Å². The molecule has 0 radical (unpaired) electrons. The second-order valence-electron chi connectivity index (χ2n) is 4.67. The average molecular weight is 237 g/mol. The predicted octanol–water partition coefficient (Wildman–Crippen LogP) is 1.31. The lowest BCUT2D eigenvalue weighted by molar-refractivity contribution is 0.379. The molecule has 1 aromatic heterocycles. The molecule has 0 amide bonds. The van der Waals surface area contributed by atoms with Crippen molar-refractivity contribution in [3.05, 3.63) is 0 Å². The Labute approximate surface area is 101 Å². The van der Waals surface area contributed by atoms with Gasteiger partial charge in [0, 0.05) is 6.04 Å². The molecule has 1 aliphatic rings. The van der Waals surface area contributed by atoms with E-state index in [-0.39, 0.29) is 12.0 Å². The van der Waals surface area contributed by atoms with Crippen LogP contribution in [0.4, 0.5) is 11.9 Å². The Morgan fingerprint density at radius 3 is 2.59 bits per heavy atom. The summed E-state index contributed by atoms with van der Waals surface area (Å²) in [5.41, 5.74) is 5.59. The molecule has 0 aliphatic heterocycles. The highest BCUT2D eigenvalue weighted by atomic mass is 16.5. The Morgan fingerprint density at radius 2 is 2.00 bits per heavy atom. The first kappa shape index (κ1) is 11.9. The van der Waals surface area contributed by atoms with Gasteiger partial charge in [-0.1, -0.05) is 13.8 Å². The lowest BCUT2D eigenvalue weighted by Crippen LogP contribution is -2.25. The molecule has 1 saturated carbocycles. The van der Waals surface area contributed by atoms with Crippen LogP contribution in [0.25, 0.3) is 0 Å². The molecule has 0 spiro atoms. The minimum atomic E-state index is 0.179. The van der Waals surface area contributed by atoms with Crippen molar-refractivity contribution in [2.24, 2.45) is 11.8 Å². The van der Waals surface area contributed by atoms with E-state index in [2.05, 4.69) is 34.1 Å². The fourth-order valence-corrected chi connectivity index (χ4v) is 2.26. The first-order chi connectivity index (χ1) is 8.10. The number of nitrogens with one attached hydrogen (secondary N) is 1. The standard InChI is InChI=1S/C11H19N5O/c1-6-4-5-8(7(6)2)13-10-14-9(12)15-11(16-10)17-3/h6-8H,4-5H2,1-3H3,(H3,12,13,14,15,16). The van der Waals surface area contributed by atoms with Crippen LogP contribution in [0.1, 0.15) is 26.7 Å². The summed E-state index contributed by atoms with van der Waals surface area (Å²) in [4.78, 5) is 12.1. The highest BCUT2D eigenvalue weighted by Crippen LogP contribution is 2.32. The zero-order valence-corrected chi connectivity index (χ0v) is 10.5. The highest BCUT2D eigenvalue weighted by molar-refractivity contribution is 5.34. The van der Waals surface area contributed by atoms with Crippen LogP contribution < -0.4 is 15.8 Å². The number of hydrogen-bond donors (Lipinski definition) is 2. The van der Waals surface area contributed by atoms with Crippen molar-refractivity contribution >= 4 is 11.9 Å². The summed E-state index contributed by atoms with van der Waals surface area (Å²) in [7, 11) is 1.51. The molecule has 1 aromatic rings. The van der Waals surface area contributed by atoms with Gasteiger partial charge in [0.15, 0.2) is 0 Å². The molecule has 0 bridgehead atoms. The van der Waals surface area contributed by atoms with Crippen LogP contribution in [0.15, 0.2) is 0 Å². The number of nitrogen functional groups attached to an aromatic ring is 1. The zero-order valence-electron chi connectivity index (χ0n) is 10.5. The third-order valence-corrected chi connectivity index (χ3v) is 3.59. The molecule has 0 saturated heterocycles. The van der Waals surface area contributed by atoms with Gasteiger partial charge in [-0.2, -0.15) is 15.0 Å². The predicted molar refractivity (Wildman–Crippen MR) is 65.8 cm³/mol. The number of nitrogens with two attached hydrogens (primary N) is 1. The summed E-state index contributed by atoms with van der Waals surface area (Å²) in [6.45, 7) is 4.52. The topological polar surface area (TPSA) is 86.0 Å². The smallest absolute Gasteiger partial charge is 0.322 e. The number of rotatable bonds is 3. The zero-order chi connectivity index (χ0) is 12.4. The van der Waals surface area contributed by atoms with E-state index in [4.69, 9.17) is 10.5 Å². The molecule has 6 heteroatoms. The minimum absolute atomic E-state index is 0.179. The van der Waals surface area contributed by atoms with E-state index in [9.17, 15) is 0 Å². The van der Waals surface area contributed by atoms with E-state index in [1.807, 2.05) is 0 Å². The van der Waals surface area contributed by atoms with Crippen molar-refractivity contribution in [2.45, 2.75) is 32.7 Å². The average Bonchev–Trinajstić information content (AvgIpc) is 2.60. The summed E-state index contributed by atoms with van der Waals surface area (Å²) in [5, 5.41) is 3.31. The monoisotopic (exact) mass is 237 g/mol. The van der Waals surface area contributed by atoms with E-state index in [1.54, 1.807) is 0 Å². The van der Waals surface area contributed by atoms with Crippen molar-refractivity contribution in [1.82, 2.24) is 15.0 Å². The third-order valence-electron chi connectivity index (χ3n) is 3.59. The van der Waals surface area contributed by atoms with Crippen LogP contribution in [-0.2, 0) is 0 Å². The molecule has 0 aromatic carbocycles. The van der Waals surface area contributed by atoms with E-state index in [0.29, 0.717) is 17.9 Å². The van der Waals surface area contributed by atoms with E-state index in [1.165, 1.54) is 13.5 Å². The van der Waals surface area contributed by atoms with Gasteiger partial charge in [0.25, 0.3) is 0 Å². The molecule has 1 fully saturated rings. The lowest BCUT2D eigenvalue weighted by Gasteiger charge is -2.19. The Morgan fingerprint density at radius 1 is 1.24 bits per heavy atom. The number of ether oxygens (including phenoxy) is 1. The van der Waals surface area contributed by atoms with Crippen LogP contribution in [0.5, 0.6) is 6.01 Å². The maximum absolute atomic E-state index is 5.59. The number of methoxy groups -OCH3 is 1. The van der Waals surface area contributed by atoms with Gasteiger partial charge in [-0.3, -0.25) is 0 Å². The number of nitrogens with zero attached hydrogens (tertiary/aromatic N) is 3. The fourth-order valence-electron chi connectivity index (χ4n) is 2.26. The van der Waals surface area contributed by atoms with Gasteiger partial charge in [0.05, 0.1) is 7.11 Å². The molecular weight excluding hydrogens is 218 g/mol. The van der Waals surface area contributed by atoms with Gasteiger partial charge >= 0.3 is 6.01 Å².